The first-order valence-electron chi connectivity index (χ1n) is 14.9. The van der Waals surface area contributed by atoms with E-state index in [0.717, 1.165) is 50.9 Å². The van der Waals surface area contributed by atoms with E-state index in [1.165, 1.54) is 50.7 Å². The number of nitrogens with one attached hydrogen (secondary N) is 1. The number of carbonyl (C=O) groups excluding carboxylic acids is 1. The van der Waals surface area contributed by atoms with Crippen molar-refractivity contribution in [3.05, 3.63) is 91.2 Å². The van der Waals surface area contributed by atoms with Gasteiger partial charge < -0.3 is 14.8 Å². The van der Waals surface area contributed by atoms with Crippen LogP contribution in [0.1, 0.15) is 81.2 Å². The van der Waals surface area contributed by atoms with E-state index in [-0.39, 0.29) is 34.6 Å². The van der Waals surface area contributed by atoms with Crippen LogP contribution in [0.25, 0.3) is 11.1 Å². The third kappa shape index (κ3) is 5.20. The summed E-state index contributed by atoms with van der Waals surface area (Å²) in [6.07, 6.45) is 6.65. The van der Waals surface area contributed by atoms with Crippen LogP contribution in [0.2, 0.25) is 0 Å². The second-order valence-corrected chi connectivity index (χ2v) is 13.3. The fraction of sp³-hybridized carbons (Fsp3) is 0.394. The number of pyridine rings is 1. The molecule has 1 aliphatic heterocycles. The third-order valence-corrected chi connectivity index (χ3v) is 10.8. The van der Waals surface area contributed by atoms with Crippen molar-refractivity contribution in [2.45, 2.75) is 56.3 Å². The molecule has 1 N–H and O–H groups in total. The summed E-state index contributed by atoms with van der Waals surface area (Å²) in [6, 6.07) is 9.71. The highest BCUT2D eigenvalue weighted by atomic mass is 32.1. The van der Waals surface area contributed by atoms with Gasteiger partial charge in [-0.15, -0.1) is 16.4 Å². The molecule has 10 heteroatoms. The molecule has 0 amide bonds. The highest BCUT2D eigenvalue weighted by molar-refractivity contribution is 7.14. The molecule has 7 nitrogen and oxygen atoms in total. The topological polar surface area (TPSA) is 80.1 Å². The van der Waals surface area contributed by atoms with Gasteiger partial charge in [0.1, 0.15) is 17.3 Å². The Labute approximate surface area is 252 Å². The molecule has 43 heavy (non-hydrogen) atoms. The number of aryl methyl sites for hydroxylation is 1. The highest BCUT2D eigenvalue weighted by Crippen LogP contribution is 2.56. The largest absolute Gasteiger partial charge is 0.334 e. The first-order chi connectivity index (χ1) is 20.7. The number of halogens is 2. The predicted molar refractivity (Wildman–Crippen MR) is 164 cm³/mol. The van der Waals surface area contributed by atoms with Crippen LogP contribution >= 0.6 is 11.3 Å². The summed E-state index contributed by atoms with van der Waals surface area (Å²) in [7, 11) is 3.68. The van der Waals surface area contributed by atoms with Gasteiger partial charge in [0.05, 0.1) is 10.6 Å². The fourth-order valence-corrected chi connectivity index (χ4v) is 8.28. The molecule has 1 saturated heterocycles. The SMILES string of the molecule is CN1CCC(c2ccc(Nc3cc(-c4ccc(F)c(CC(=O)c5cc6c(s5)C5CCC6C5)c4F)cn(C)c3=O)nn2)CC1. The van der Waals surface area contributed by atoms with E-state index in [4.69, 9.17) is 0 Å². The maximum absolute atomic E-state index is 15.9. The number of piperidine rings is 1. The lowest BCUT2D eigenvalue weighted by atomic mass is 9.94. The van der Waals surface area contributed by atoms with Crippen LogP contribution in [0.3, 0.4) is 0 Å². The Bertz CT molecular complexity index is 1750. The Kier molecular flexibility index (Phi) is 7.21. The van der Waals surface area contributed by atoms with E-state index in [1.807, 2.05) is 12.1 Å². The zero-order chi connectivity index (χ0) is 29.8. The number of nitrogens with zero attached hydrogens (tertiary/aromatic N) is 4. The Hall–Kier alpha value is -3.76. The van der Waals surface area contributed by atoms with Crippen molar-refractivity contribution in [2.24, 2.45) is 7.05 Å². The number of hydrogen-bond acceptors (Lipinski definition) is 7. The lowest BCUT2D eigenvalue weighted by Crippen LogP contribution is -2.29. The molecule has 1 aromatic carbocycles. The molecule has 2 aliphatic carbocycles. The predicted octanol–water partition coefficient (Wildman–Crippen LogP) is 6.52. The number of likely N-dealkylation sites (tertiary alicyclic amines) is 1. The van der Waals surface area contributed by atoms with Gasteiger partial charge in [-0.25, -0.2) is 8.78 Å². The van der Waals surface area contributed by atoms with Crippen LogP contribution in [-0.2, 0) is 13.5 Å². The molecule has 7 rings (SSSR count). The Morgan fingerprint density at radius 1 is 1.00 bits per heavy atom. The van der Waals surface area contributed by atoms with E-state index in [9.17, 15) is 14.0 Å². The van der Waals surface area contributed by atoms with E-state index in [2.05, 4.69) is 27.5 Å². The number of fused-ring (bicyclic) bond motifs is 5. The quantitative estimate of drug-likeness (QED) is 0.243. The van der Waals surface area contributed by atoms with Gasteiger partial charge in [0.2, 0.25) is 0 Å². The minimum absolute atomic E-state index is 0.110. The van der Waals surface area contributed by atoms with Gasteiger partial charge in [-0.05, 0) is 106 Å². The zero-order valence-electron chi connectivity index (χ0n) is 24.2. The average Bonchev–Trinajstić information content (AvgIpc) is 3.73. The Morgan fingerprint density at radius 3 is 2.53 bits per heavy atom. The van der Waals surface area contributed by atoms with Crippen LogP contribution in [-0.4, -0.2) is 45.6 Å². The monoisotopic (exact) mass is 601 g/mol. The standard InChI is InChI=1S/C33H33F2N5O2S/c1-39-11-9-18(10-12-39)26-7-8-30(38-37-26)36-27-14-21(17-40(2)33(27)42)22-5-6-25(34)24(31(22)35)15-28(41)29-16-23-19-3-4-20(13-19)32(23)43-29/h5-8,14,16-20H,3-4,9-13,15H2,1-2H3,(H,36,38). The van der Waals surface area contributed by atoms with E-state index < -0.39 is 11.6 Å². The minimum atomic E-state index is -0.801. The van der Waals surface area contributed by atoms with Crippen molar-refractivity contribution in [2.75, 3.05) is 25.5 Å². The van der Waals surface area contributed by atoms with E-state index in [0.29, 0.717) is 34.0 Å². The van der Waals surface area contributed by atoms with Gasteiger partial charge in [0.25, 0.3) is 5.56 Å². The summed E-state index contributed by atoms with van der Waals surface area (Å²) >= 11 is 1.49. The van der Waals surface area contributed by atoms with Crippen LogP contribution in [0.5, 0.6) is 0 Å². The van der Waals surface area contributed by atoms with Crippen molar-refractivity contribution in [3.63, 3.8) is 0 Å². The number of ketones is 1. The summed E-state index contributed by atoms with van der Waals surface area (Å²) in [5.74, 6) is -0.0466. The van der Waals surface area contributed by atoms with Crippen molar-refractivity contribution in [1.82, 2.24) is 19.7 Å². The smallest absolute Gasteiger partial charge is 0.274 e. The molecule has 4 aromatic rings. The zero-order valence-corrected chi connectivity index (χ0v) is 25.0. The van der Waals surface area contributed by atoms with E-state index in [1.54, 1.807) is 13.1 Å². The molecule has 222 valence electrons. The van der Waals surface area contributed by atoms with Crippen LogP contribution < -0.4 is 10.9 Å². The third-order valence-electron chi connectivity index (χ3n) is 9.41. The summed E-state index contributed by atoms with van der Waals surface area (Å²) in [4.78, 5) is 30.3. The molecule has 2 unspecified atom stereocenters. The van der Waals surface area contributed by atoms with Crippen LogP contribution in [0.15, 0.2) is 47.4 Å². The molecule has 3 aliphatic rings. The lowest BCUT2D eigenvalue weighted by molar-refractivity contribution is 0.0994. The number of aromatic nitrogens is 3. The number of benzene rings is 1. The molecule has 4 heterocycles. The van der Waals surface area contributed by atoms with Crippen molar-refractivity contribution in [1.29, 1.82) is 0 Å². The second kappa shape index (κ2) is 11.1. The highest BCUT2D eigenvalue weighted by Gasteiger charge is 2.39. The maximum Gasteiger partial charge on any atom is 0.274 e. The van der Waals surface area contributed by atoms with Crippen molar-refractivity contribution in [3.8, 4) is 11.1 Å². The number of thiophene rings is 1. The van der Waals surface area contributed by atoms with Crippen molar-refractivity contribution < 1.29 is 13.6 Å². The average molecular weight is 602 g/mol. The molecule has 0 radical (unpaired) electrons. The fourth-order valence-electron chi connectivity index (χ4n) is 6.95. The van der Waals surface area contributed by atoms with Crippen LogP contribution in [0.4, 0.5) is 20.3 Å². The van der Waals surface area contributed by atoms with Gasteiger partial charge in [-0.2, -0.15) is 5.10 Å². The molecule has 2 fully saturated rings. The first kappa shape index (κ1) is 28.0. The normalized spacial score (nSPS) is 20.0. The summed E-state index contributed by atoms with van der Waals surface area (Å²) in [5, 5.41) is 11.7. The molecular weight excluding hydrogens is 568 g/mol. The molecular formula is C33H33F2N5O2S. The minimum Gasteiger partial charge on any atom is -0.334 e. The number of anilines is 2. The maximum atomic E-state index is 15.9. The molecule has 0 spiro atoms. The van der Waals surface area contributed by atoms with Crippen LogP contribution in [0, 0.1) is 11.6 Å². The summed E-state index contributed by atoms with van der Waals surface area (Å²) < 4.78 is 32.2. The molecule has 2 atom stereocenters. The van der Waals surface area contributed by atoms with Gasteiger partial charge in [0, 0.05) is 47.2 Å². The van der Waals surface area contributed by atoms with Gasteiger partial charge in [-0.1, -0.05) is 0 Å². The summed E-state index contributed by atoms with van der Waals surface area (Å²) in [5.41, 5.74) is 2.25. The molecule has 3 aromatic heterocycles. The molecule has 2 bridgehead atoms. The number of hydrogen-bond donors (Lipinski definition) is 1. The van der Waals surface area contributed by atoms with Gasteiger partial charge in [0.15, 0.2) is 11.6 Å². The molecule has 1 saturated carbocycles. The first-order valence-corrected chi connectivity index (χ1v) is 15.7. The van der Waals surface area contributed by atoms with Gasteiger partial charge in [-0.3, -0.25) is 9.59 Å². The summed E-state index contributed by atoms with van der Waals surface area (Å²) in [6.45, 7) is 2.03. The lowest BCUT2D eigenvalue weighted by Gasteiger charge is -2.28. The van der Waals surface area contributed by atoms with Gasteiger partial charge >= 0.3 is 0 Å². The Morgan fingerprint density at radius 2 is 1.79 bits per heavy atom. The number of carbonyl (C=O) groups is 1. The number of Topliss-reactive ketones (excluding diaryl/α,β-unsaturated/α-hetero) is 1. The van der Waals surface area contributed by atoms with E-state index >= 15 is 4.39 Å². The number of rotatable bonds is 7. The Balaban J connectivity index is 1.13. The second-order valence-electron chi connectivity index (χ2n) is 12.2. The van der Waals surface area contributed by atoms with Crippen molar-refractivity contribution >= 4 is 28.6 Å².